The number of benzene rings is 2. The number of nitrogens with zero attached hydrogens (tertiary/aromatic N) is 1. The SMILES string of the molecule is CO[C@@H]1CCCN(c2ccc(NC(=O)c3cccc(C(F)(F)F)c3)cc2)C1. The minimum Gasteiger partial charge on any atom is -0.380 e. The Labute approximate surface area is 155 Å². The standard InChI is InChI=1S/C20H21F3N2O2/c1-27-18-6-3-11-25(13-18)17-9-7-16(8-10-17)24-19(26)14-4-2-5-15(12-14)20(21,22)23/h2,4-5,7-10,12,18H,3,6,11,13H2,1H3,(H,24,26)/t18-/m1/s1. The molecular weight excluding hydrogens is 357 g/mol. The van der Waals surface area contributed by atoms with Crippen LogP contribution in [0.25, 0.3) is 0 Å². The summed E-state index contributed by atoms with van der Waals surface area (Å²) in [5, 5.41) is 2.64. The molecule has 27 heavy (non-hydrogen) atoms. The van der Waals surface area contributed by atoms with Crippen molar-refractivity contribution in [1.82, 2.24) is 0 Å². The maximum Gasteiger partial charge on any atom is 0.416 e. The number of nitrogens with one attached hydrogen (secondary N) is 1. The molecule has 0 saturated carbocycles. The Morgan fingerprint density at radius 2 is 1.93 bits per heavy atom. The van der Waals surface area contributed by atoms with Crippen molar-refractivity contribution in [3.8, 4) is 0 Å². The molecule has 4 nitrogen and oxygen atoms in total. The fourth-order valence-corrected chi connectivity index (χ4v) is 3.16. The van der Waals surface area contributed by atoms with Gasteiger partial charge in [0.05, 0.1) is 11.7 Å². The van der Waals surface area contributed by atoms with Crippen LogP contribution in [0.2, 0.25) is 0 Å². The molecule has 1 fully saturated rings. The van der Waals surface area contributed by atoms with E-state index in [1.54, 1.807) is 19.2 Å². The van der Waals surface area contributed by atoms with Crippen molar-refractivity contribution in [3.63, 3.8) is 0 Å². The van der Waals surface area contributed by atoms with E-state index in [2.05, 4.69) is 10.2 Å². The molecule has 3 rings (SSSR count). The van der Waals surface area contributed by atoms with Crippen molar-refractivity contribution in [3.05, 3.63) is 59.7 Å². The average Bonchev–Trinajstić information content (AvgIpc) is 2.68. The maximum atomic E-state index is 12.8. The zero-order valence-electron chi connectivity index (χ0n) is 14.9. The van der Waals surface area contributed by atoms with E-state index in [4.69, 9.17) is 4.74 Å². The number of carbonyl (C=O) groups excluding carboxylic acids is 1. The highest BCUT2D eigenvalue weighted by atomic mass is 19.4. The van der Waals surface area contributed by atoms with Gasteiger partial charge in [0.1, 0.15) is 0 Å². The normalized spacial score (nSPS) is 17.6. The van der Waals surface area contributed by atoms with Crippen LogP contribution in [0.4, 0.5) is 24.5 Å². The summed E-state index contributed by atoms with van der Waals surface area (Å²) in [5.41, 5.74) is 0.673. The van der Waals surface area contributed by atoms with E-state index < -0.39 is 17.6 Å². The Bertz CT molecular complexity index is 791. The summed E-state index contributed by atoms with van der Waals surface area (Å²) in [6.45, 7) is 1.75. The Morgan fingerprint density at radius 1 is 1.19 bits per heavy atom. The fourth-order valence-electron chi connectivity index (χ4n) is 3.16. The van der Waals surface area contributed by atoms with Gasteiger partial charge in [-0.1, -0.05) is 6.07 Å². The third-order valence-electron chi connectivity index (χ3n) is 4.65. The highest BCUT2D eigenvalue weighted by molar-refractivity contribution is 6.04. The van der Waals surface area contributed by atoms with Gasteiger partial charge in [-0.25, -0.2) is 0 Å². The van der Waals surface area contributed by atoms with E-state index >= 15 is 0 Å². The van der Waals surface area contributed by atoms with Crippen LogP contribution in [0.5, 0.6) is 0 Å². The first-order valence-electron chi connectivity index (χ1n) is 8.73. The van der Waals surface area contributed by atoms with Gasteiger partial charge >= 0.3 is 6.18 Å². The molecule has 0 unspecified atom stereocenters. The zero-order chi connectivity index (χ0) is 19.4. The molecule has 1 aliphatic rings. The van der Waals surface area contributed by atoms with Gasteiger partial charge in [0.2, 0.25) is 0 Å². The van der Waals surface area contributed by atoms with Crippen LogP contribution in [-0.2, 0) is 10.9 Å². The van der Waals surface area contributed by atoms with Gasteiger partial charge in [-0.15, -0.1) is 0 Å². The van der Waals surface area contributed by atoms with Crippen molar-refractivity contribution >= 4 is 17.3 Å². The van der Waals surface area contributed by atoms with Gasteiger partial charge in [0.15, 0.2) is 0 Å². The van der Waals surface area contributed by atoms with E-state index in [0.717, 1.165) is 43.8 Å². The summed E-state index contributed by atoms with van der Waals surface area (Å²) in [6, 6.07) is 11.6. The molecule has 1 N–H and O–H groups in total. The number of methoxy groups -OCH3 is 1. The highest BCUT2D eigenvalue weighted by Crippen LogP contribution is 2.30. The number of amides is 1. The van der Waals surface area contributed by atoms with E-state index in [1.807, 2.05) is 12.1 Å². The summed E-state index contributed by atoms with van der Waals surface area (Å²) >= 11 is 0. The Kier molecular flexibility index (Phi) is 5.70. The molecule has 1 heterocycles. The van der Waals surface area contributed by atoms with Gasteiger partial charge < -0.3 is 15.0 Å². The van der Waals surface area contributed by atoms with E-state index in [0.29, 0.717) is 5.69 Å². The number of anilines is 2. The molecule has 1 aliphatic heterocycles. The third kappa shape index (κ3) is 4.80. The lowest BCUT2D eigenvalue weighted by atomic mass is 10.1. The van der Waals surface area contributed by atoms with E-state index in [9.17, 15) is 18.0 Å². The number of ether oxygens (including phenoxy) is 1. The van der Waals surface area contributed by atoms with E-state index in [-0.39, 0.29) is 11.7 Å². The highest BCUT2D eigenvalue weighted by Gasteiger charge is 2.30. The Hall–Kier alpha value is -2.54. The second kappa shape index (κ2) is 8.00. The van der Waals surface area contributed by atoms with Crippen LogP contribution in [0.1, 0.15) is 28.8 Å². The van der Waals surface area contributed by atoms with Crippen LogP contribution >= 0.6 is 0 Å². The lowest BCUT2D eigenvalue weighted by molar-refractivity contribution is -0.137. The van der Waals surface area contributed by atoms with Crippen molar-refractivity contribution in [2.24, 2.45) is 0 Å². The zero-order valence-corrected chi connectivity index (χ0v) is 14.9. The molecular formula is C20H21F3N2O2. The van der Waals surface area contributed by atoms with Gasteiger partial charge in [-0.2, -0.15) is 13.2 Å². The quantitative estimate of drug-likeness (QED) is 0.847. The number of alkyl halides is 3. The maximum absolute atomic E-state index is 12.8. The lowest BCUT2D eigenvalue weighted by Gasteiger charge is -2.33. The molecule has 144 valence electrons. The predicted molar refractivity (Wildman–Crippen MR) is 98.1 cm³/mol. The smallest absolute Gasteiger partial charge is 0.380 e. The van der Waals surface area contributed by atoms with Crippen molar-refractivity contribution in [1.29, 1.82) is 0 Å². The molecule has 0 bridgehead atoms. The van der Waals surface area contributed by atoms with Gasteiger partial charge in [-0.05, 0) is 55.3 Å². The molecule has 7 heteroatoms. The topological polar surface area (TPSA) is 41.6 Å². The first-order chi connectivity index (χ1) is 12.9. The monoisotopic (exact) mass is 378 g/mol. The summed E-state index contributed by atoms with van der Waals surface area (Å²) in [6.07, 6.45) is -2.18. The summed E-state index contributed by atoms with van der Waals surface area (Å²) < 4.78 is 43.8. The number of halogens is 3. The summed E-state index contributed by atoms with van der Waals surface area (Å²) in [5.74, 6) is -0.578. The number of rotatable bonds is 4. The van der Waals surface area contributed by atoms with Crippen LogP contribution < -0.4 is 10.2 Å². The molecule has 2 aromatic carbocycles. The minimum atomic E-state index is -4.48. The van der Waals surface area contributed by atoms with Crippen LogP contribution in [0.3, 0.4) is 0 Å². The lowest BCUT2D eigenvalue weighted by Crippen LogP contribution is -2.39. The third-order valence-corrected chi connectivity index (χ3v) is 4.65. The average molecular weight is 378 g/mol. The van der Waals surface area contributed by atoms with Crippen molar-refractivity contribution < 1.29 is 22.7 Å². The van der Waals surface area contributed by atoms with Gasteiger partial charge in [0.25, 0.3) is 5.91 Å². The Morgan fingerprint density at radius 3 is 2.59 bits per heavy atom. The molecule has 1 amide bonds. The van der Waals surface area contributed by atoms with Gasteiger partial charge in [0, 0.05) is 37.1 Å². The number of piperidine rings is 1. The summed E-state index contributed by atoms with van der Waals surface area (Å²) in [4.78, 5) is 14.5. The Balaban J connectivity index is 1.67. The molecule has 0 aromatic heterocycles. The van der Waals surface area contributed by atoms with Crippen LogP contribution in [0.15, 0.2) is 48.5 Å². The van der Waals surface area contributed by atoms with Gasteiger partial charge in [-0.3, -0.25) is 4.79 Å². The largest absolute Gasteiger partial charge is 0.416 e. The molecule has 0 spiro atoms. The van der Waals surface area contributed by atoms with Crippen molar-refractivity contribution in [2.45, 2.75) is 25.1 Å². The molecule has 0 aliphatic carbocycles. The molecule has 1 saturated heterocycles. The first-order valence-corrected chi connectivity index (χ1v) is 8.73. The van der Waals surface area contributed by atoms with Crippen molar-refractivity contribution in [2.75, 3.05) is 30.4 Å². The predicted octanol–water partition coefficient (Wildman–Crippen LogP) is 4.57. The molecule has 2 aromatic rings. The second-order valence-corrected chi connectivity index (χ2v) is 6.53. The van der Waals surface area contributed by atoms with Crippen LogP contribution in [-0.4, -0.2) is 32.2 Å². The summed E-state index contributed by atoms with van der Waals surface area (Å²) in [7, 11) is 1.71. The number of hydrogen-bond acceptors (Lipinski definition) is 3. The van der Waals surface area contributed by atoms with Crippen LogP contribution in [0, 0.1) is 0 Å². The molecule has 0 radical (unpaired) electrons. The fraction of sp³-hybridized carbons (Fsp3) is 0.350. The number of hydrogen-bond donors (Lipinski definition) is 1. The second-order valence-electron chi connectivity index (χ2n) is 6.53. The molecule has 1 atom stereocenters. The first kappa shape index (κ1) is 19.2. The number of carbonyl (C=O) groups is 1. The minimum absolute atomic E-state index is 0.0344. The van der Waals surface area contributed by atoms with E-state index in [1.165, 1.54) is 12.1 Å².